The van der Waals surface area contributed by atoms with E-state index in [9.17, 15) is 9.59 Å². The lowest BCUT2D eigenvalue weighted by molar-refractivity contribution is -0.118. The number of halogens is 2. The number of benzene rings is 2. The molecule has 1 atom stereocenters. The van der Waals surface area contributed by atoms with Crippen LogP contribution in [-0.4, -0.2) is 10.5 Å². The summed E-state index contributed by atoms with van der Waals surface area (Å²) in [4.78, 5) is 24.5. The molecule has 1 amide bonds. The summed E-state index contributed by atoms with van der Waals surface area (Å²) in [6, 6.07) is 10.9. The van der Waals surface area contributed by atoms with Gasteiger partial charge in [0, 0.05) is 5.02 Å². The van der Waals surface area contributed by atoms with Gasteiger partial charge in [-0.1, -0.05) is 35.3 Å². The lowest BCUT2D eigenvalue weighted by Gasteiger charge is -2.14. The molecule has 7 heteroatoms. The van der Waals surface area contributed by atoms with Gasteiger partial charge in [-0.2, -0.15) is 0 Å². The minimum Gasteiger partial charge on any atom is -0.408 e. The first-order valence-corrected chi connectivity index (χ1v) is 7.59. The SMILES string of the molecule is CC(C(=O)Nc1ccc(Cl)cc1Cl)n1c(=O)oc2ccccc21. The van der Waals surface area contributed by atoms with Crippen molar-refractivity contribution < 1.29 is 9.21 Å². The van der Waals surface area contributed by atoms with E-state index in [4.69, 9.17) is 27.6 Å². The van der Waals surface area contributed by atoms with Crippen LogP contribution in [0.3, 0.4) is 0 Å². The van der Waals surface area contributed by atoms with E-state index in [0.717, 1.165) is 0 Å². The molecule has 3 aromatic rings. The van der Waals surface area contributed by atoms with Crippen LogP contribution in [0.25, 0.3) is 11.1 Å². The fourth-order valence-electron chi connectivity index (χ4n) is 2.30. The molecule has 23 heavy (non-hydrogen) atoms. The predicted octanol–water partition coefficient (Wildman–Crippen LogP) is 4.10. The van der Waals surface area contributed by atoms with E-state index in [1.807, 2.05) is 0 Å². The first-order valence-electron chi connectivity index (χ1n) is 6.83. The summed E-state index contributed by atoms with van der Waals surface area (Å²) in [5, 5.41) is 3.48. The van der Waals surface area contributed by atoms with Crippen molar-refractivity contribution in [2.45, 2.75) is 13.0 Å². The van der Waals surface area contributed by atoms with Crippen LogP contribution in [0.1, 0.15) is 13.0 Å². The van der Waals surface area contributed by atoms with Gasteiger partial charge < -0.3 is 9.73 Å². The zero-order chi connectivity index (χ0) is 16.6. The highest BCUT2D eigenvalue weighted by Gasteiger charge is 2.21. The molecule has 1 heterocycles. The smallest absolute Gasteiger partial charge is 0.408 e. The maximum Gasteiger partial charge on any atom is 0.420 e. The molecule has 0 bridgehead atoms. The van der Waals surface area contributed by atoms with E-state index in [2.05, 4.69) is 5.32 Å². The van der Waals surface area contributed by atoms with E-state index in [1.54, 1.807) is 43.3 Å². The van der Waals surface area contributed by atoms with Crippen LogP contribution < -0.4 is 11.1 Å². The van der Waals surface area contributed by atoms with Crippen molar-refractivity contribution in [1.82, 2.24) is 4.57 Å². The molecule has 0 aliphatic heterocycles. The number of carbonyl (C=O) groups excluding carboxylic acids is 1. The number of hydrogen-bond acceptors (Lipinski definition) is 3. The zero-order valence-corrected chi connectivity index (χ0v) is 13.6. The third-order valence-corrected chi connectivity index (χ3v) is 4.02. The normalized spacial score (nSPS) is 12.3. The van der Waals surface area contributed by atoms with E-state index in [1.165, 1.54) is 10.6 Å². The highest BCUT2D eigenvalue weighted by atomic mass is 35.5. The van der Waals surface area contributed by atoms with Gasteiger partial charge in [-0.05, 0) is 37.3 Å². The number of para-hydroxylation sites is 2. The highest BCUT2D eigenvalue weighted by molar-refractivity contribution is 6.36. The van der Waals surface area contributed by atoms with E-state index < -0.39 is 11.8 Å². The molecule has 0 aliphatic rings. The maximum atomic E-state index is 12.4. The summed E-state index contributed by atoms with van der Waals surface area (Å²) in [6.45, 7) is 1.61. The first kappa shape index (κ1) is 15.6. The number of anilines is 1. The van der Waals surface area contributed by atoms with Crippen LogP contribution in [-0.2, 0) is 4.79 Å². The van der Waals surface area contributed by atoms with Gasteiger partial charge in [0.2, 0.25) is 5.91 Å². The van der Waals surface area contributed by atoms with Gasteiger partial charge in [-0.3, -0.25) is 9.36 Å². The fourth-order valence-corrected chi connectivity index (χ4v) is 2.75. The molecule has 0 radical (unpaired) electrons. The molecule has 0 aliphatic carbocycles. The summed E-state index contributed by atoms with van der Waals surface area (Å²) in [7, 11) is 0. The molecule has 1 aromatic heterocycles. The number of fused-ring (bicyclic) bond motifs is 1. The molecule has 0 saturated carbocycles. The van der Waals surface area contributed by atoms with Crippen LogP contribution in [0.15, 0.2) is 51.7 Å². The van der Waals surface area contributed by atoms with Crippen molar-refractivity contribution in [3.63, 3.8) is 0 Å². The molecule has 1 N–H and O–H groups in total. The zero-order valence-electron chi connectivity index (χ0n) is 12.0. The average Bonchev–Trinajstić information content (AvgIpc) is 2.85. The molecule has 5 nitrogen and oxygen atoms in total. The van der Waals surface area contributed by atoms with Crippen molar-refractivity contribution in [3.05, 3.63) is 63.1 Å². The number of rotatable bonds is 3. The largest absolute Gasteiger partial charge is 0.420 e. The second kappa shape index (κ2) is 6.10. The summed E-state index contributed by atoms with van der Waals surface area (Å²) in [5.41, 5.74) is 1.41. The molecule has 1 unspecified atom stereocenters. The number of nitrogens with one attached hydrogen (secondary N) is 1. The number of hydrogen-bond donors (Lipinski definition) is 1. The Morgan fingerprint density at radius 3 is 2.70 bits per heavy atom. The fraction of sp³-hybridized carbons (Fsp3) is 0.125. The first-order chi connectivity index (χ1) is 11.0. The van der Waals surface area contributed by atoms with Crippen LogP contribution in [0.5, 0.6) is 0 Å². The summed E-state index contributed by atoms with van der Waals surface area (Å²) >= 11 is 11.9. The molecule has 2 aromatic carbocycles. The van der Waals surface area contributed by atoms with Gasteiger partial charge in [0.25, 0.3) is 0 Å². The highest BCUT2D eigenvalue weighted by Crippen LogP contribution is 2.26. The number of aromatic nitrogens is 1. The predicted molar refractivity (Wildman–Crippen MR) is 90.3 cm³/mol. The van der Waals surface area contributed by atoms with Gasteiger partial charge in [0.15, 0.2) is 5.58 Å². The number of nitrogens with zero attached hydrogens (tertiary/aromatic N) is 1. The van der Waals surface area contributed by atoms with Gasteiger partial charge in [-0.25, -0.2) is 4.79 Å². The average molecular weight is 351 g/mol. The Balaban J connectivity index is 1.92. The maximum absolute atomic E-state index is 12.4. The van der Waals surface area contributed by atoms with Crippen LogP contribution >= 0.6 is 23.2 Å². The molecule has 3 rings (SSSR count). The lowest BCUT2D eigenvalue weighted by Crippen LogP contribution is -2.29. The molecule has 0 fully saturated rings. The molecular formula is C16H12Cl2N2O3. The Hall–Kier alpha value is -2.24. The number of carbonyl (C=O) groups is 1. The second-order valence-corrected chi connectivity index (χ2v) is 5.84. The van der Waals surface area contributed by atoms with Gasteiger partial charge in [-0.15, -0.1) is 0 Å². The van der Waals surface area contributed by atoms with Crippen molar-refractivity contribution >= 4 is 45.9 Å². The van der Waals surface area contributed by atoms with Crippen LogP contribution in [0.2, 0.25) is 10.0 Å². The van der Waals surface area contributed by atoms with E-state index in [-0.39, 0.29) is 5.91 Å². The Morgan fingerprint density at radius 1 is 1.22 bits per heavy atom. The molecule has 118 valence electrons. The van der Waals surface area contributed by atoms with Crippen molar-refractivity contribution in [2.75, 3.05) is 5.32 Å². The van der Waals surface area contributed by atoms with Gasteiger partial charge in [0.1, 0.15) is 6.04 Å². The van der Waals surface area contributed by atoms with Crippen LogP contribution in [0.4, 0.5) is 5.69 Å². The van der Waals surface area contributed by atoms with Crippen LogP contribution in [0, 0.1) is 0 Å². The van der Waals surface area contributed by atoms with E-state index >= 15 is 0 Å². The summed E-state index contributed by atoms with van der Waals surface area (Å²) in [5.74, 6) is -0.973. The molecule has 0 spiro atoms. The Kier molecular flexibility index (Phi) is 4.15. The van der Waals surface area contributed by atoms with Crippen molar-refractivity contribution in [1.29, 1.82) is 0 Å². The minimum absolute atomic E-state index is 0.322. The Labute approximate surface area is 141 Å². The second-order valence-electron chi connectivity index (χ2n) is 5.00. The molecular weight excluding hydrogens is 339 g/mol. The number of oxazole rings is 1. The minimum atomic E-state index is -0.766. The standard InChI is InChI=1S/C16H12Cl2N2O3/c1-9(15(21)19-12-7-6-10(17)8-11(12)18)20-13-4-2-3-5-14(13)23-16(20)22/h2-9H,1H3,(H,19,21). The number of amides is 1. The quantitative estimate of drug-likeness (QED) is 0.773. The summed E-state index contributed by atoms with van der Waals surface area (Å²) < 4.78 is 6.44. The van der Waals surface area contributed by atoms with Gasteiger partial charge in [0.05, 0.1) is 16.2 Å². The topological polar surface area (TPSA) is 64.2 Å². The Bertz CT molecular complexity index is 946. The lowest BCUT2D eigenvalue weighted by atomic mass is 10.2. The van der Waals surface area contributed by atoms with Gasteiger partial charge >= 0.3 is 5.76 Å². The third kappa shape index (κ3) is 2.98. The molecule has 0 saturated heterocycles. The van der Waals surface area contributed by atoms with Crippen molar-refractivity contribution in [2.24, 2.45) is 0 Å². The Morgan fingerprint density at radius 2 is 1.96 bits per heavy atom. The summed E-state index contributed by atoms with van der Waals surface area (Å²) in [6.07, 6.45) is 0. The monoisotopic (exact) mass is 350 g/mol. The van der Waals surface area contributed by atoms with Crippen molar-refractivity contribution in [3.8, 4) is 0 Å². The van der Waals surface area contributed by atoms with E-state index in [0.29, 0.717) is 26.8 Å². The third-order valence-electron chi connectivity index (χ3n) is 3.47.